The van der Waals surface area contributed by atoms with Crippen LogP contribution < -0.4 is 11.5 Å². The van der Waals surface area contributed by atoms with Crippen LogP contribution in [0.4, 0.5) is 0 Å². The Labute approximate surface area is 161 Å². The molecule has 3 atom stereocenters. The summed E-state index contributed by atoms with van der Waals surface area (Å²) in [5.41, 5.74) is 15.2. The number of piperidine rings is 1. The molecular formula is C23H29N3O. The maximum Gasteiger partial charge on any atom is 0.248 e. The second-order valence-corrected chi connectivity index (χ2v) is 8.15. The molecule has 27 heavy (non-hydrogen) atoms. The van der Waals surface area contributed by atoms with Crippen LogP contribution in [-0.2, 0) is 6.42 Å². The van der Waals surface area contributed by atoms with Crippen LogP contribution in [-0.4, -0.2) is 35.5 Å². The first kappa shape index (κ1) is 18.2. The summed E-state index contributed by atoms with van der Waals surface area (Å²) >= 11 is 0. The van der Waals surface area contributed by atoms with Gasteiger partial charge in [0.15, 0.2) is 0 Å². The van der Waals surface area contributed by atoms with Crippen LogP contribution in [0.3, 0.4) is 0 Å². The zero-order valence-electron chi connectivity index (χ0n) is 15.8. The van der Waals surface area contributed by atoms with Gasteiger partial charge in [-0.25, -0.2) is 0 Å². The summed E-state index contributed by atoms with van der Waals surface area (Å²) in [5, 5.41) is 0. The van der Waals surface area contributed by atoms with Crippen LogP contribution in [0, 0.1) is 0 Å². The summed E-state index contributed by atoms with van der Waals surface area (Å²) in [7, 11) is 0. The predicted molar refractivity (Wildman–Crippen MR) is 109 cm³/mol. The van der Waals surface area contributed by atoms with Crippen LogP contribution in [0.5, 0.6) is 0 Å². The van der Waals surface area contributed by atoms with E-state index in [1.165, 1.54) is 18.4 Å². The molecule has 2 aliphatic rings. The number of fused-ring (bicyclic) bond motifs is 2. The van der Waals surface area contributed by atoms with Gasteiger partial charge in [-0.15, -0.1) is 0 Å². The number of carbonyl (C=O) groups is 1. The van der Waals surface area contributed by atoms with Crippen molar-refractivity contribution < 1.29 is 4.79 Å². The Balaban J connectivity index is 1.43. The van der Waals surface area contributed by atoms with E-state index >= 15 is 0 Å². The zero-order valence-corrected chi connectivity index (χ0v) is 15.8. The summed E-state index contributed by atoms with van der Waals surface area (Å²) in [6, 6.07) is 19.7. The van der Waals surface area contributed by atoms with Crippen molar-refractivity contribution in [1.82, 2.24) is 4.90 Å². The van der Waals surface area contributed by atoms with E-state index in [9.17, 15) is 4.79 Å². The molecule has 4 heteroatoms. The highest BCUT2D eigenvalue weighted by Crippen LogP contribution is 2.43. The zero-order chi connectivity index (χ0) is 18.8. The molecule has 2 aliphatic heterocycles. The van der Waals surface area contributed by atoms with Crippen LogP contribution in [0.25, 0.3) is 0 Å². The molecule has 2 fully saturated rings. The molecule has 4 nitrogen and oxygen atoms in total. The molecule has 3 unspecified atom stereocenters. The molecule has 0 saturated carbocycles. The standard InChI is InChI=1S/C23H29N3O/c24-18(12-16-6-2-1-3-7-16)15-26-19-10-11-20(26)14-17(13-19)21-8-4-5-9-22(21)23(25)27/h1-9,17-20H,10-15,24H2,(H2,25,27). The number of hydrogen-bond donors (Lipinski definition) is 2. The lowest BCUT2D eigenvalue weighted by Gasteiger charge is -2.40. The van der Waals surface area contributed by atoms with Crippen LogP contribution in [0.1, 0.15) is 53.1 Å². The Bertz CT molecular complexity index is 777. The fraction of sp³-hybridized carbons (Fsp3) is 0.435. The second-order valence-electron chi connectivity index (χ2n) is 8.15. The minimum atomic E-state index is -0.315. The van der Waals surface area contributed by atoms with Gasteiger partial charge < -0.3 is 11.5 Å². The van der Waals surface area contributed by atoms with Crippen LogP contribution in [0.15, 0.2) is 54.6 Å². The third kappa shape index (κ3) is 3.92. The molecule has 4 rings (SSSR count). The van der Waals surface area contributed by atoms with Gasteiger partial charge >= 0.3 is 0 Å². The average Bonchev–Trinajstić information content (AvgIpc) is 2.90. The van der Waals surface area contributed by atoms with Crippen molar-refractivity contribution in [3.63, 3.8) is 0 Å². The number of benzene rings is 2. The van der Waals surface area contributed by atoms with E-state index in [1.54, 1.807) is 0 Å². The molecule has 142 valence electrons. The van der Waals surface area contributed by atoms with Crippen molar-refractivity contribution in [2.75, 3.05) is 6.54 Å². The fourth-order valence-electron chi connectivity index (χ4n) is 5.16. The summed E-state index contributed by atoms with van der Waals surface area (Å²) in [4.78, 5) is 14.5. The van der Waals surface area contributed by atoms with E-state index in [2.05, 4.69) is 35.2 Å². The number of carbonyl (C=O) groups excluding carboxylic acids is 1. The van der Waals surface area contributed by atoms with Gasteiger partial charge in [0.25, 0.3) is 0 Å². The van der Waals surface area contributed by atoms with Crippen molar-refractivity contribution in [1.29, 1.82) is 0 Å². The lowest BCUT2D eigenvalue weighted by molar-refractivity contribution is 0.0992. The lowest BCUT2D eigenvalue weighted by Crippen LogP contribution is -2.48. The van der Waals surface area contributed by atoms with Crippen molar-refractivity contribution in [3.8, 4) is 0 Å². The first-order chi connectivity index (χ1) is 13.1. The number of nitrogens with two attached hydrogens (primary N) is 2. The Hall–Kier alpha value is -2.17. The van der Waals surface area contributed by atoms with Gasteiger partial charge in [0.05, 0.1) is 0 Å². The minimum Gasteiger partial charge on any atom is -0.366 e. The highest BCUT2D eigenvalue weighted by molar-refractivity contribution is 5.94. The molecule has 2 heterocycles. The molecule has 2 aromatic carbocycles. The average molecular weight is 364 g/mol. The van der Waals surface area contributed by atoms with Crippen LogP contribution in [0.2, 0.25) is 0 Å². The Kier molecular flexibility index (Phi) is 5.28. The van der Waals surface area contributed by atoms with Gasteiger partial charge in [-0.2, -0.15) is 0 Å². The Morgan fingerprint density at radius 2 is 1.63 bits per heavy atom. The van der Waals surface area contributed by atoms with E-state index in [4.69, 9.17) is 11.5 Å². The fourth-order valence-corrected chi connectivity index (χ4v) is 5.16. The van der Waals surface area contributed by atoms with E-state index in [-0.39, 0.29) is 11.9 Å². The van der Waals surface area contributed by atoms with Gasteiger partial charge in [-0.1, -0.05) is 48.5 Å². The molecule has 2 saturated heterocycles. The number of rotatable bonds is 6. The normalized spacial score (nSPS) is 26.0. The topological polar surface area (TPSA) is 72.4 Å². The Morgan fingerprint density at radius 1 is 1.00 bits per heavy atom. The molecule has 0 aromatic heterocycles. The first-order valence-corrected chi connectivity index (χ1v) is 10.1. The first-order valence-electron chi connectivity index (χ1n) is 10.1. The van der Waals surface area contributed by atoms with Gasteiger partial charge in [-0.05, 0) is 55.2 Å². The maximum atomic E-state index is 11.8. The molecular weight excluding hydrogens is 334 g/mol. The quantitative estimate of drug-likeness (QED) is 0.828. The van der Waals surface area contributed by atoms with Gasteiger partial charge in [0, 0.05) is 30.2 Å². The summed E-state index contributed by atoms with van der Waals surface area (Å²) < 4.78 is 0. The SMILES string of the molecule is NC(=O)c1ccccc1C1CC2CCC(C1)N2CC(N)Cc1ccccc1. The van der Waals surface area contributed by atoms with Crippen LogP contribution >= 0.6 is 0 Å². The van der Waals surface area contributed by atoms with Gasteiger partial charge in [-0.3, -0.25) is 9.69 Å². The summed E-state index contributed by atoms with van der Waals surface area (Å²) in [6.45, 7) is 0.953. The van der Waals surface area contributed by atoms with Gasteiger partial charge in [0.1, 0.15) is 0 Å². The molecule has 0 aliphatic carbocycles. The minimum absolute atomic E-state index is 0.157. The molecule has 4 N–H and O–H groups in total. The molecule has 0 spiro atoms. The maximum absolute atomic E-state index is 11.8. The van der Waals surface area contributed by atoms with E-state index in [0.29, 0.717) is 23.6 Å². The third-order valence-corrected chi connectivity index (χ3v) is 6.34. The summed E-state index contributed by atoms with van der Waals surface area (Å²) in [5.74, 6) is 0.109. The van der Waals surface area contributed by atoms with E-state index in [0.717, 1.165) is 31.4 Å². The molecule has 1 amide bonds. The molecule has 2 bridgehead atoms. The predicted octanol–water partition coefficient (Wildman–Crippen LogP) is 3.07. The highest BCUT2D eigenvalue weighted by Gasteiger charge is 2.41. The third-order valence-electron chi connectivity index (χ3n) is 6.34. The van der Waals surface area contributed by atoms with Gasteiger partial charge in [0.2, 0.25) is 5.91 Å². The lowest BCUT2D eigenvalue weighted by atomic mass is 9.82. The van der Waals surface area contributed by atoms with E-state index in [1.807, 2.05) is 24.3 Å². The monoisotopic (exact) mass is 363 g/mol. The van der Waals surface area contributed by atoms with Crippen molar-refractivity contribution >= 4 is 5.91 Å². The van der Waals surface area contributed by atoms with E-state index < -0.39 is 0 Å². The summed E-state index contributed by atoms with van der Waals surface area (Å²) in [6.07, 6.45) is 5.58. The highest BCUT2D eigenvalue weighted by atomic mass is 16.1. The molecule has 0 radical (unpaired) electrons. The molecule has 2 aromatic rings. The Morgan fingerprint density at radius 3 is 2.30 bits per heavy atom. The van der Waals surface area contributed by atoms with Crippen molar-refractivity contribution in [2.45, 2.75) is 56.1 Å². The number of hydrogen-bond acceptors (Lipinski definition) is 3. The number of amides is 1. The number of primary amides is 1. The van der Waals surface area contributed by atoms with Crippen molar-refractivity contribution in [3.05, 3.63) is 71.3 Å². The van der Waals surface area contributed by atoms with Crippen molar-refractivity contribution in [2.24, 2.45) is 11.5 Å². The largest absolute Gasteiger partial charge is 0.366 e. The second kappa shape index (κ2) is 7.83. The number of nitrogens with zero attached hydrogens (tertiary/aromatic N) is 1. The smallest absolute Gasteiger partial charge is 0.248 e.